The van der Waals surface area contributed by atoms with Gasteiger partial charge in [0.15, 0.2) is 5.01 Å². The molecular weight excluding hydrogens is 405 g/mol. The van der Waals surface area contributed by atoms with Crippen molar-refractivity contribution in [1.82, 2.24) is 14.3 Å². The van der Waals surface area contributed by atoms with Gasteiger partial charge in [0, 0.05) is 28.3 Å². The molecule has 0 radical (unpaired) electrons. The molecule has 2 aromatic heterocycles. The summed E-state index contributed by atoms with van der Waals surface area (Å²) in [5.74, 6) is -1.05. The lowest BCUT2D eigenvalue weighted by atomic mass is 10.1. The molecule has 0 spiro atoms. The first-order valence-electron chi connectivity index (χ1n) is 8.26. The van der Waals surface area contributed by atoms with Gasteiger partial charge in [-0.05, 0) is 39.0 Å². The average molecular weight is 423 g/mol. The number of benzene rings is 1. The van der Waals surface area contributed by atoms with E-state index in [2.05, 4.69) is 9.71 Å². The Balaban J connectivity index is 1.87. The summed E-state index contributed by atoms with van der Waals surface area (Å²) in [5, 5.41) is 11.5. The topological polar surface area (TPSA) is 107 Å². The zero-order chi connectivity index (χ0) is 20.6. The Morgan fingerprint density at radius 3 is 2.75 bits per heavy atom. The average Bonchev–Trinajstić information content (AvgIpc) is 3.22. The number of rotatable bonds is 5. The van der Waals surface area contributed by atoms with Crippen LogP contribution in [0.1, 0.15) is 41.8 Å². The maximum absolute atomic E-state index is 13.5. The summed E-state index contributed by atoms with van der Waals surface area (Å²) in [6, 6.07) is 3.61. The zero-order valence-electron chi connectivity index (χ0n) is 15.4. The van der Waals surface area contributed by atoms with Crippen molar-refractivity contribution in [3.8, 4) is 0 Å². The summed E-state index contributed by atoms with van der Waals surface area (Å²) >= 11 is -0.162. The molecule has 0 unspecified atom stereocenters. The molecule has 0 fully saturated rings. The van der Waals surface area contributed by atoms with Crippen molar-refractivity contribution in [2.75, 3.05) is 0 Å². The standard InChI is InChI=1S/C18H18FN3O4S2/c1-18(2,3)28(26)20-7-11-9-27-16(21-11)15(23)13-8-22(17(24)25)14-6-10(19)4-5-12(13)14/h4-6,8-9,20H,7H2,1-3H3,(H,24,25)/t28-/m0/s1. The van der Waals surface area contributed by atoms with Gasteiger partial charge in [-0.15, -0.1) is 16.1 Å². The summed E-state index contributed by atoms with van der Waals surface area (Å²) in [4.78, 5) is 28.5. The van der Waals surface area contributed by atoms with E-state index in [0.29, 0.717) is 11.1 Å². The number of nitrogens with zero attached hydrogens (tertiary/aromatic N) is 2. The second-order valence-electron chi connectivity index (χ2n) is 7.03. The maximum Gasteiger partial charge on any atom is 0.416 e. The molecule has 2 N–H and O–H groups in total. The second kappa shape index (κ2) is 7.63. The van der Waals surface area contributed by atoms with E-state index in [1.807, 2.05) is 20.8 Å². The predicted octanol–water partition coefficient (Wildman–Crippen LogP) is 3.55. The van der Waals surface area contributed by atoms with E-state index in [4.69, 9.17) is 0 Å². The molecule has 148 valence electrons. The molecule has 7 nitrogen and oxygen atoms in total. The van der Waals surface area contributed by atoms with E-state index in [0.717, 1.165) is 22.0 Å². The third kappa shape index (κ3) is 4.09. The Hall–Kier alpha value is -2.27. The third-order valence-corrected chi connectivity index (χ3v) is 6.31. The van der Waals surface area contributed by atoms with E-state index in [1.54, 1.807) is 5.38 Å². The van der Waals surface area contributed by atoms with Crippen LogP contribution in [0.2, 0.25) is 0 Å². The Morgan fingerprint density at radius 1 is 1.39 bits per heavy atom. The predicted molar refractivity (Wildman–Crippen MR) is 106 cm³/mol. The number of carbonyl (C=O) groups excluding carboxylic acids is 1. The fraction of sp³-hybridized carbons (Fsp3) is 0.278. The van der Waals surface area contributed by atoms with Crippen molar-refractivity contribution in [3.05, 3.63) is 51.9 Å². The third-order valence-electron chi connectivity index (χ3n) is 3.90. The molecule has 28 heavy (non-hydrogen) atoms. The van der Waals surface area contributed by atoms with Crippen molar-refractivity contribution >= 4 is 45.5 Å². The van der Waals surface area contributed by atoms with Crippen LogP contribution in [0.4, 0.5) is 9.18 Å². The summed E-state index contributed by atoms with van der Waals surface area (Å²) in [5.41, 5.74) is 0.776. The summed E-state index contributed by atoms with van der Waals surface area (Å²) < 4.78 is 28.8. The lowest BCUT2D eigenvalue weighted by Gasteiger charge is -2.23. The molecule has 3 rings (SSSR count). The van der Waals surface area contributed by atoms with Crippen molar-refractivity contribution < 1.29 is 23.6 Å². The number of thiazole rings is 1. The molecule has 3 aromatic rings. The Bertz CT molecular complexity index is 1050. The Labute approximate surface area is 167 Å². The highest BCUT2D eigenvalue weighted by Crippen LogP contribution is 2.26. The molecule has 2 heterocycles. The van der Waals surface area contributed by atoms with Gasteiger partial charge in [-0.2, -0.15) is 0 Å². The van der Waals surface area contributed by atoms with E-state index in [9.17, 15) is 23.6 Å². The van der Waals surface area contributed by atoms with E-state index in [1.165, 1.54) is 18.3 Å². The minimum Gasteiger partial charge on any atom is -0.598 e. The smallest absolute Gasteiger partial charge is 0.416 e. The molecule has 0 aliphatic heterocycles. The van der Waals surface area contributed by atoms with Gasteiger partial charge in [0.05, 0.1) is 23.3 Å². The number of aromatic nitrogens is 2. The molecule has 0 saturated heterocycles. The maximum atomic E-state index is 13.5. The van der Waals surface area contributed by atoms with Crippen LogP contribution in [0.5, 0.6) is 0 Å². The van der Waals surface area contributed by atoms with Crippen LogP contribution in [-0.4, -0.2) is 35.8 Å². The molecule has 10 heteroatoms. The molecule has 0 aliphatic carbocycles. The number of carboxylic acid groups (broad SMARTS) is 1. The van der Waals surface area contributed by atoms with Gasteiger partial charge in [-0.1, -0.05) is 0 Å². The van der Waals surface area contributed by atoms with Gasteiger partial charge in [-0.25, -0.2) is 14.2 Å². The first kappa shape index (κ1) is 20.5. The van der Waals surface area contributed by atoms with E-state index < -0.39 is 33.8 Å². The van der Waals surface area contributed by atoms with Crippen molar-refractivity contribution in [2.24, 2.45) is 0 Å². The number of halogens is 1. The van der Waals surface area contributed by atoms with Crippen molar-refractivity contribution in [1.29, 1.82) is 0 Å². The van der Waals surface area contributed by atoms with E-state index in [-0.39, 0.29) is 22.6 Å². The van der Waals surface area contributed by atoms with Crippen LogP contribution in [0.3, 0.4) is 0 Å². The molecule has 1 atom stereocenters. The Morgan fingerprint density at radius 2 is 2.11 bits per heavy atom. The van der Waals surface area contributed by atoms with Gasteiger partial charge < -0.3 is 9.66 Å². The first-order valence-corrected chi connectivity index (χ1v) is 10.3. The second-order valence-corrected chi connectivity index (χ2v) is 9.94. The first-order chi connectivity index (χ1) is 13.1. The lowest BCUT2D eigenvalue weighted by Crippen LogP contribution is -2.39. The largest absolute Gasteiger partial charge is 0.598 e. The van der Waals surface area contributed by atoms with Gasteiger partial charge >= 0.3 is 6.09 Å². The van der Waals surface area contributed by atoms with Gasteiger partial charge in [-0.3, -0.25) is 9.36 Å². The Kier molecular flexibility index (Phi) is 5.57. The monoisotopic (exact) mass is 423 g/mol. The molecule has 1 aromatic carbocycles. The number of hydrogen-bond acceptors (Lipinski definition) is 6. The minimum absolute atomic E-state index is 0.0925. The fourth-order valence-corrected chi connectivity index (χ4v) is 3.99. The lowest BCUT2D eigenvalue weighted by molar-refractivity contribution is 0.103. The summed E-state index contributed by atoms with van der Waals surface area (Å²) in [6.45, 7) is 5.75. The quantitative estimate of drug-likeness (QED) is 0.480. The molecular formula is C18H18FN3O4S2. The SMILES string of the molecule is CC(C)(C)[S@+]([O-])NCc1csc(C(=O)c2cn(C(=O)O)c3cc(F)ccc23)n1. The van der Waals surface area contributed by atoms with Crippen LogP contribution in [0.25, 0.3) is 10.9 Å². The van der Waals surface area contributed by atoms with Gasteiger partial charge in [0.2, 0.25) is 5.78 Å². The molecule has 0 bridgehead atoms. The molecule has 0 aliphatic rings. The molecule has 0 amide bonds. The normalized spacial score (nSPS) is 13.0. The van der Waals surface area contributed by atoms with E-state index >= 15 is 0 Å². The van der Waals surface area contributed by atoms with Crippen LogP contribution >= 0.6 is 11.3 Å². The number of carbonyl (C=O) groups is 2. The highest BCUT2D eigenvalue weighted by Gasteiger charge is 2.27. The van der Waals surface area contributed by atoms with Crippen molar-refractivity contribution in [2.45, 2.75) is 32.1 Å². The number of ketones is 1. The minimum atomic E-state index is -1.32. The van der Waals surface area contributed by atoms with Gasteiger partial charge in [0.1, 0.15) is 10.6 Å². The molecule has 0 saturated carbocycles. The summed E-state index contributed by atoms with van der Waals surface area (Å²) in [7, 11) is 0. The highest BCUT2D eigenvalue weighted by atomic mass is 32.2. The van der Waals surface area contributed by atoms with Crippen LogP contribution in [0, 0.1) is 5.82 Å². The van der Waals surface area contributed by atoms with Crippen LogP contribution in [-0.2, 0) is 17.9 Å². The highest BCUT2D eigenvalue weighted by molar-refractivity contribution is 7.90. The number of fused-ring (bicyclic) bond motifs is 1. The van der Waals surface area contributed by atoms with Crippen LogP contribution < -0.4 is 4.72 Å². The van der Waals surface area contributed by atoms with Crippen LogP contribution in [0.15, 0.2) is 29.8 Å². The van der Waals surface area contributed by atoms with Gasteiger partial charge in [0.25, 0.3) is 0 Å². The number of nitrogens with one attached hydrogen (secondary N) is 1. The zero-order valence-corrected chi connectivity index (χ0v) is 17.0. The van der Waals surface area contributed by atoms with Crippen molar-refractivity contribution in [3.63, 3.8) is 0 Å². The summed E-state index contributed by atoms with van der Waals surface area (Å²) in [6.07, 6.45) is -0.147. The fourth-order valence-electron chi connectivity index (χ4n) is 2.50. The number of hydrogen-bond donors (Lipinski definition) is 2.